The number of rotatable bonds is 9. The van der Waals surface area contributed by atoms with Crippen molar-refractivity contribution in [2.45, 2.75) is 57.1 Å². The van der Waals surface area contributed by atoms with Crippen LogP contribution in [0.4, 0.5) is 0 Å². The van der Waals surface area contributed by atoms with Crippen LogP contribution >= 0.6 is 15.9 Å². The van der Waals surface area contributed by atoms with Crippen molar-refractivity contribution < 1.29 is 22.8 Å². The molecule has 0 aliphatic carbocycles. The fourth-order valence-electron chi connectivity index (χ4n) is 3.63. The van der Waals surface area contributed by atoms with Crippen molar-refractivity contribution in [2.75, 3.05) is 6.54 Å². The van der Waals surface area contributed by atoms with Gasteiger partial charge in [-0.1, -0.05) is 47.1 Å². The summed E-state index contributed by atoms with van der Waals surface area (Å²) in [6.07, 6.45) is 0.505. The molecular formula is C24H28BrN3O5S. The maximum atomic E-state index is 13.3. The number of hydrogen-bond donors (Lipinski definition) is 1. The molecule has 10 heteroatoms. The highest BCUT2D eigenvalue weighted by Gasteiger charge is 2.41. The smallest absolute Gasteiger partial charge is 0.269 e. The summed E-state index contributed by atoms with van der Waals surface area (Å²) in [6.45, 7) is 5.34. The van der Waals surface area contributed by atoms with Gasteiger partial charge in [-0.05, 0) is 50.1 Å². The summed E-state index contributed by atoms with van der Waals surface area (Å²) >= 11 is 3.38. The molecule has 34 heavy (non-hydrogen) atoms. The van der Waals surface area contributed by atoms with Crippen LogP contribution < -0.4 is 5.32 Å². The van der Waals surface area contributed by atoms with Gasteiger partial charge in [0.1, 0.15) is 10.9 Å². The Kier molecular flexibility index (Phi) is 8.14. The van der Waals surface area contributed by atoms with Crippen molar-refractivity contribution in [1.82, 2.24) is 14.5 Å². The molecule has 0 aromatic heterocycles. The van der Waals surface area contributed by atoms with Gasteiger partial charge < -0.3 is 10.2 Å². The molecule has 3 rings (SSSR count). The first-order valence-corrected chi connectivity index (χ1v) is 13.3. The van der Waals surface area contributed by atoms with Crippen molar-refractivity contribution in [2.24, 2.45) is 0 Å². The largest absolute Gasteiger partial charge is 0.352 e. The van der Waals surface area contributed by atoms with Crippen LogP contribution in [0.3, 0.4) is 0 Å². The van der Waals surface area contributed by atoms with Crippen LogP contribution in [-0.2, 0) is 26.2 Å². The summed E-state index contributed by atoms with van der Waals surface area (Å²) in [6, 6.07) is 12.5. The second-order valence-electron chi connectivity index (χ2n) is 8.27. The highest BCUT2D eigenvalue weighted by Crippen LogP contribution is 2.30. The van der Waals surface area contributed by atoms with Crippen LogP contribution in [0, 0.1) is 0 Å². The molecule has 0 fully saturated rings. The van der Waals surface area contributed by atoms with Crippen molar-refractivity contribution in [3.63, 3.8) is 0 Å². The zero-order chi connectivity index (χ0) is 25.0. The summed E-state index contributed by atoms with van der Waals surface area (Å²) in [5.74, 6) is -1.36. The van der Waals surface area contributed by atoms with Crippen molar-refractivity contribution in [3.05, 3.63) is 64.1 Å². The lowest BCUT2D eigenvalue weighted by Gasteiger charge is -2.30. The molecule has 0 radical (unpaired) electrons. The van der Waals surface area contributed by atoms with Gasteiger partial charge in [-0.15, -0.1) is 0 Å². The number of benzene rings is 2. The van der Waals surface area contributed by atoms with E-state index in [1.54, 1.807) is 19.1 Å². The van der Waals surface area contributed by atoms with Gasteiger partial charge in [0.15, 0.2) is 0 Å². The molecule has 0 saturated carbocycles. The molecule has 3 amide bonds. The van der Waals surface area contributed by atoms with E-state index in [1.165, 1.54) is 17.0 Å². The van der Waals surface area contributed by atoms with Crippen molar-refractivity contribution in [1.29, 1.82) is 0 Å². The van der Waals surface area contributed by atoms with E-state index in [0.29, 0.717) is 0 Å². The molecule has 0 bridgehead atoms. The van der Waals surface area contributed by atoms with E-state index in [-0.39, 0.29) is 41.9 Å². The first kappa shape index (κ1) is 25.9. The average molecular weight is 550 g/mol. The molecule has 1 aliphatic rings. The van der Waals surface area contributed by atoms with Gasteiger partial charge in [0.25, 0.3) is 15.9 Å². The Labute approximate surface area is 208 Å². The van der Waals surface area contributed by atoms with Crippen LogP contribution in [0.1, 0.15) is 49.5 Å². The molecule has 1 aliphatic heterocycles. The number of nitrogens with zero attached hydrogens (tertiary/aromatic N) is 2. The van der Waals surface area contributed by atoms with Gasteiger partial charge in [0.05, 0.1) is 5.56 Å². The van der Waals surface area contributed by atoms with Gasteiger partial charge >= 0.3 is 0 Å². The summed E-state index contributed by atoms with van der Waals surface area (Å²) in [7, 11) is -4.01. The van der Waals surface area contributed by atoms with Gasteiger partial charge in [0, 0.05) is 30.0 Å². The lowest BCUT2D eigenvalue weighted by Crippen LogP contribution is -2.50. The number of amides is 3. The number of fused-ring (bicyclic) bond motifs is 1. The van der Waals surface area contributed by atoms with E-state index >= 15 is 0 Å². The van der Waals surface area contributed by atoms with E-state index in [4.69, 9.17) is 0 Å². The topological polar surface area (TPSA) is 104 Å². The minimum atomic E-state index is -4.01. The van der Waals surface area contributed by atoms with E-state index in [9.17, 15) is 22.8 Å². The Balaban J connectivity index is 1.79. The maximum absolute atomic E-state index is 13.3. The van der Waals surface area contributed by atoms with E-state index in [2.05, 4.69) is 21.2 Å². The van der Waals surface area contributed by atoms with Gasteiger partial charge in [-0.3, -0.25) is 14.4 Å². The Morgan fingerprint density at radius 2 is 1.74 bits per heavy atom. The minimum absolute atomic E-state index is 0.0505. The monoisotopic (exact) mass is 549 g/mol. The lowest BCUT2D eigenvalue weighted by atomic mass is 10.1. The fraction of sp³-hybridized carbons (Fsp3) is 0.375. The Bertz CT molecular complexity index is 1180. The molecule has 0 spiro atoms. The van der Waals surface area contributed by atoms with Crippen molar-refractivity contribution in [3.8, 4) is 0 Å². The highest BCUT2D eigenvalue weighted by atomic mass is 79.9. The van der Waals surface area contributed by atoms with Crippen molar-refractivity contribution >= 4 is 43.7 Å². The summed E-state index contributed by atoms with van der Waals surface area (Å²) in [5.41, 5.74) is 0.917. The predicted octanol–water partition coefficient (Wildman–Crippen LogP) is 3.32. The number of nitrogens with one attached hydrogen (secondary N) is 1. The molecule has 8 nitrogen and oxygen atoms in total. The number of sulfonamides is 1. The molecule has 0 unspecified atom stereocenters. The van der Waals surface area contributed by atoms with Gasteiger partial charge in [-0.2, -0.15) is 0 Å². The first-order valence-electron chi connectivity index (χ1n) is 11.1. The number of carbonyl (C=O) groups is 3. The van der Waals surface area contributed by atoms with Crippen LogP contribution in [-0.4, -0.2) is 54.0 Å². The van der Waals surface area contributed by atoms with E-state index in [0.717, 1.165) is 20.8 Å². The third kappa shape index (κ3) is 5.50. The zero-order valence-corrected chi connectivity index (χ0v) is 21.7. The van der Waals surface area contributed by atoms with Crippen LogP contribution in [0.5, 0.6) is 0 Å². The SMILES string of the molecule is CC[C@H](C)NC(=O)[C@H](C)N(Cc1ccc(Br)cc1)C(=O)CCN1C(=O)c2ccccc2S1(=O)=O. The quantitative estimate of drug-likeness (QED) is 0.516. The minimum Gasteiger partial charge on any atom is -0.352 e. The first-order chi connectivity index (χ1) is 16.1. The number of carbonyl (C=O) groups excluding carboxylic acids is 3. The fourth-order valence-corrected chi connectivity index (χ4v) is 5.46. The molecule has 2 atom stereocenters. The second-order valence-corrected chi connectivity index (χ2v) is 11.0. The zero-order valence-electron chi connectivity index (χ0n) is 19.3. The predicted molar refractivity (Wildman–Crippen MR) is 131 cm³/mol. The molecule has 2 aromatic rings. The third-order valence-corrected chi connectivity index (χ3v) is 8.24. The van der Waals surface area contributed by atoms with Crippen LogP contribution in [0.2, 0.25) is 0 Å². The standard InChI is InChI=1S/C24H28BrN3O5S/c1-4-16(2)26-23(30)17(3)27(15-18-9-11-19(25)12-10-18)22(29)13-14-28-24(31)20-7-5-6-8-21(20)34(28,32)33/h5-12,16-17H,4,13-15H2,1-3H3,(H,26,30)/t16-,17-/m0/s1. The summed E-state index contributed by atoms with van der Waals surface area (Å²) < 4.78 is 27.2. The molecule has 182 valence electrons. The van der Waals surface area contributed by atoms with Gasteiger partial charge in [0.2, 0.25) is 11.8 Å². The Morgan fingerprint density at radius 1 is 1.09 bits per heavy atom. The molecule has 0 saturated heterocycles. The molecular weight excluding hydrogens is 522 g/mol. The van der Waals surface area contributed by atoms with Crippen LogP contribution in [0.15, 0.2) is 57.9 Å². The maximum Gasteiger partial charge on any atom is 0.269 e. The van der Waals surface area contributed by atoms with Gasteiger partial charge in [-0.25, -0.2) is 12.7 Å². The number of halogens is 1. The lowest BCUT2D eigenvalue weighted by molar-refractivity contribution is -0.140. The van der Waals surface area contributed by atoms with Crippen LogP contribution in [0.25, 0.3) is 0 Å². The Hall–Kier alpha value is -2.72. The second kappa shape index (κ2) is 10.7. The number of hydrogen-bond acceptors (Lipinski definition) is 5. The summed E-state index contributed by atoms with van der Waals surface area (Å²) in [4.78, 5) is 40.1. The summed E-state index contributed by atoms with van der Waals surface area (Å²) in [5, 5.41) is 2.89. The average Bonchev–Trinajstić information content (AvgIpc) is 3.01. The third-order valence-electron chi connectivity index (χ3n) is 5.88. The normalized spacial score (nSPS) is 16.0. The highest BCUT2D eigenvalue weighted by molar-refractivity contribution is 9.10. The molecule has 1 N–H and O–H groups in total. The molecule has 2 aromatic carbocycles. The Morgan fingerprint density at radius 3 is 2.35 bits per heavy atom. The van der Waals surface area contributed by atoms with E-state index in [1.807, 2.05) is 38.1 Å². The molecule has 1 heterocycles. The van der Waals surface area contributed by atoms with E-state index < -0.39 is 27.9 Å².